The fourth-order valence-corrected chi connectivity index (χ4v) is 4.42. The van der Waals surface area contributed by atoms with Crippen LogP contribution in [0.15, 0.2) is 16.7 Å². The van der Waals surface area contributed by atoms with Gasteiger partial charge in [0.1, 0.15) is 29.3 Å². The van der Waals surface area contributed by atoms with E-state index in [4.69, 9.17) is 31.6 Å². The zero-order valence-electron chi connectivity index (χ0n) is 22.2. The van der Waals surface area contributed by atoms with E-state index in [1.54, 1.807) is 0 Å². The van der Waals surface area contributed by atoms with E-state index in [0.717, 1.165) is 12.1 Å². The van der Waals surface area contributed by atoms with Gasteiger partial charge in [-0.05, 0) is 16.7 Å². The van der Waals surface area contributed by atoms with Crippen LogP contribution in [0.3, 0.4) is 0 Å². The lowest BCUT2D eigenvalue weighted by atomic mass is 10.0. The molecular formula is C30F12N6. The summed E-state index contributed by atoms with van der Waals surface area (Å²) in [6.07, 6.45) is 0. The number of allylic oxidation sites excluding steroid dienone is 4. The van der Waals surface area contributed by atoms with Crippen molar-refractivity contribution < 1.29 is 52.7 Å². The Labute approximate surface area is 258 Å². The number of hydrogen-bond donors (Lipinski definition) is 0. The molecule has 18 heteroatoms. The van der Waals surface area contributed by atoms with E-state index < -0.39 is 137 Å². The molecule has 0 unspecified atom stereocenters. The molecule has 0 aliphatic heterocycles. The van der Waals surface area contributed by atoms with E-state index in [9.17, 15) is 31.6 Å². The van der Waals surface area contributed by atoms with Crippen molar-refractivity contribution in [1.82, 2.24) is 0 Å². The molecule has 0 spiro atoms. The Hall–Kier alpha value is -7.02. The molecule has 0 N–H and O–H groups in total. The summed E-state index contributed by atoms with van der Waals surface area (Å²) in [7, 11) is 0. The third kappa shape index (κ3) is 4.57. The van der Waals surface area contributed by atoms with Gasteiger partial charge in [-0.1, -0.05) is 0 Å². The smallest absolute Gasteiger partial charge is 0.237 e. The summed E-state index contributed by atoms with van der Waals surface area (Å²) >= 11 is 0. The fourth-order valence-electron chi connectivity index (χ4n) is 4.42. The molecule has 48 heavy (non-hydrogen) atoms. The lowest BCUT2D eigenvalue weighted by Crippen LogP contribution is -2.06. The monoisotopic (exact) mass is 672 g/mol. The molecule has 1 saturated carbocycles. The Morgan fingerprint density at radius 2 is 0.750 bits per heavy atom. The molecule has 1 aliphatic carbocycles. The Morgan fingerprint density at radius 1 is 0.438 bits per heavy atom. The molecule has 4 rings (SSSR count). The molecule has 0 bridgehead atoms. The summed E-state index contributed by atoms with van der Waals surface area (Å²) in [5.74, 6) is -29.6. The number of hydrogen-bond acceptors (Lipinski definition) is 2. The predicted octanol–water partition coefficient (Wildman–Crippen LogP) is 9.28. The lowest BCUT2D eigenvalue weighted by Gasteiger charge is -2.08. The van der Waals surface area contributed by atoms with E-state index in [0.29, 0.717) is 0 Å². The summed E-state index contributed by atoms with van der Waals surface area (Å²) in [5, 5.41) is 18.7. The molecule has 1 aliphatic rings. The number of nitriles is 2. The van der Waals surface area contributed by atoms with Crippen molar-refractivity contribution in [2.75, 3.05) is 0 Å². The van der Waals surface area contributed by atoms with Crippen LogP contribution in [0.5, 0.6) is 0 Å². The Morgan fingerprint density at radius 3 is 1.02 bits per heavy atom. The van der Waals surface area contributed by atoms with Crippen molar-refractivity contribution in [2.45, 2.75) is 0 Å². The van der Waals surface area contributed by atoms with E-state index in [-0.39, 0.29) is 0 Å². The van der Waals surface area contributed by atoms with Gasteiger partial charge >= 0.3 is 0 Å². The molecule has 1 fully saturated rings. The maximum Gasteiger partial charge on any atom is 0.262 e. The fraction of sp³-hybridized carbons (Fsp3) is 0. The molecule has 0 atom stereocenters. The highest BCUT2D eigenvalue weighted by molar-refractivity contribution is 6.10. The molecule has 0 radical (unpaired) electrons. The summed E-state index contributed by atoms with van der Waals surface area (Å²) < 4.78 is 177. The zero-order chi connectivity index (χ0) is 36.1. The van der Waals surface area contributed by atoms with E-state index in [2.05, 4.69) is 19.4 Å². The molecular weight excluding hydrogens is 672 g/mol. The number of benzene rings is 3. The van der Waals surface area contributed by atoms with Gasteiger partial charge in [0, 0.05) is 0 Å². The Balaban J connectivity index is 2.38. The maximum atomic E-state index is 15.1. The summed E-state index contributed by atoms with van der Waals surface area (Å²) in [4.78, 5) is 9.72. The average Bonchev–Trinajstić information content (AvgIpc) is 3.78. The second-order valence-electron chi connectivity index (χ2n) is 8.83. The van der Waals surface area contributed by atoms with Gasteiger partial charge in [-0.15, -0.1) is 0 Å². The first-order chi connectivity index (χ1) is 22.6. The van der Waals surface area contributed by atoms with Crippen LogP contribution in [0.1, 0.15) is 22.3 Å². The summed E-state index contributed by atoms with van der Waals surface area (Å²) in [5.41, 5.74) is -21.3. The first-order valence-corrected chi connectivity index (χ1v) is 11.8. The van der Waals surface area contributed by atoms with Crippen molar-refractivity contribution in [3.05, 3.63) is 154 Å². The van der Waals surface area contributed by atoms with Crippen LogP contribution >= 0.6 is 0 Å². The predicted molar refractivity (Wildman–Crippen MR) is 136 cm³/mol. The second kappa shape index (κ2) is 12.1. The molecule has 6 nitrogen and oxygen atoms in total. The molecule has 234 valence electrons. The first-order valence-electron chi connectivity index (χ1n) is 11.8. The van der Waals surface area contributed by atoms with Crippen molar-refractivity contribution >= 4 is 28.3 Å². The van der Waals surface area contributed by atoms with Crippen molar-refractivity contribution in [3.63, 3.8) is 0 Å². The van der Waals surface area contributed by atoms with Crippen LogP contribution < -0.4 is 0 Å². The minimum Gasteiger partial charge on any atom is -0.237 e. The zero-order valence-corrected chi connectivity index (χ0v) is 22.2. The van der Waals surface area contributed by atoms with Crippen LogP contribution in [-0.4, -0.2) is 0 Å². The largest absolute Gasteiger partial charge is 0.262 e. The van der Waals surface area contributed by atoms with Gasteiger partial charge in [0.25, 0.3) is 11.4 Å². The topological polar surface area (TPSA) is 65.0 Å². The van der Waals surface area contributed by atoms with Gasteiger partial charge in [0.05, 0.1) is 48.6 Å². The average molecular weight is 672 g/mol. The van der Waals surface area contributed by atoms with Crippen LogP contribution in [0, 0.1) is 119 Å². The Bertz CT molecular complexity index is 2070. The van der Waals surface area contributed by atoms with E-state index >= 15 is 26.3 Å². The Kier molecular flexibility index (Phi) is 8.51. The third-order valence-electron chi connectivity index (χ3n) is 6.55. The van der Waals surface area contributed by atoms with Crippen molar-refractivity contribution in [1.29, 1.82) is 10.5 Å². The molecule has 0 heterocycles. The highest BCUT2D eigenvalue weighted by atomic mass is 19.2. The van der Waals surface area contributed by atoms with E-state index in [1.807, 2.05) is 0 Å². The van der Waals surface area contributed by atoms with Gasteiger partial charge in [-0.3, -0.25) is 0 Å². The van der Waals surface area contributed by atoms with Gasteiger partial charge in [-0.2, -0.15) is 10.5 Å². The number of rotatable bonds is 3. The quantitative estimate of drug-likeness (QED) is 0.121. The number of halogens is 12. The van der Waals surface area contributed by atoms with Gasteiger partial charge in [0.15, 0.2) is 58.2 Å². The minimum atomic E-state index is -2.51. The van der Waals surface area contributed by atoms with Gasteiger partial charge < -0.3 is 0 Å². The lowest BCUT2D eigenvalue weighted by molar-refractivity contribution is 0.446. The van der Waals surface area contributed by atoms with Crippen molar-refractivity contribution in [3.8, 4) is 12.1 Å². The third-order valence-corrected chi connectivity index (χ3v) is 6.55. The van der Waals surface area contributed by atoms with Gasteiger partial charge in [-0.25, -0.2) is 72.1 Å². The van der Waals surface area contributed by atoms with Crippen molar-refractivity contribution in [2.24, 2.45) is 0 Å². The van der Waals surface area contributed by atoms with Crippen LogP contribution in [-0.2, 0) is 0 Å². The van der Waals surface area contributed by atoms with E-state index in [1.165, 1.54) is 0 Å². The normalized spacial score (nSPS) is 14.9. The standard InChI is InChI=1S/C30F12N6/c1-45-27(13-19(35)15(31)8(6-44)16(32)20(13)36)11-9(7(5-43)10-17(33)23(39)29(47-3)24(40)18(10)34)12(11)28(46-2)14-21(37)25(41)30(48-4)26(42)22(14)38. The highest BCUT2D eigenvalue weighted by Gasteiger charge is 2.46. The molecule has 0 amide bonds. The summed E-state index contributed by atoms with van der Waals surface area (Å²) in [6.45, 7) is 28.3. The molecule has 3 aromatic rings. The van der Waals surface area contributed by atoms with Crippen LogP contribution in [0.25, 0.3) is 36.3 Å². The first kappa shape index (κ1) is 33.9. The van der Waals surface area contributed by atoms with Crippen LogP contribution in [0.4, 0.5) is 64.1 Å². The van der Waals surface area contributed by atoms with Gasteiger partial charge in [0.2, 0.25) is 11.4 Å². The second-order valence-corrected chi connectivity index (χ2v) is 8.83. The molecule has 3 aromatic carbocycles. The number of nitrogens with zero attached hydrogens (tertiary/aromatic N) is 6. The van der Waals surface area contributed by atoms with Crippen LogP contribution in [0.2, 0.25) is 0 Å². The SMILES string of the molecule is [C-]#[N+]C(=C1C(=C(C#N)c2c(F)c(F)c([N+]#[C-])c(F)c2F)C1=C([N+]#[C-])c1c(F)c(F)c([N+]#[C-])c(F)c1F)c1c(F)c(F)c(C#N)c(F)c1F. The highest BCUT2D eigenvalue weighted by Crippen LogP contribution is 2.58. The molecule has 0 aromatic heterocycles. The maximum absolute atomic E-state index is 15.1. The minimum absolute atomic E-state index is 0.778. The molecule has 0 saturated heterocycles. The summed E-state index contributed by atoms with van der Waals surface area (Å²) in [6, 6.07) is 1.75.